The van der Waals surface area contributed by atoms with Gasteiger partial charge in [0.1, 0.15) is 0 Å². The number of carbonyl (C=O) groups excluding carboxylic acids is 1. The molecule has 4 nitrogen and oxygen atoms in total. The molecule has 0 amide bonds. The zero-order valence-electron chi connectivity index (χ0n) is 9.15. The van der Waals surface area contributed by atoms with E-state index < -0.39 is 0 Å². The van der Waals surface area contributed by atoms with E-state index in [1.54, 1.807) is 19.2 Å². The Morgan fingerprint density at radius 1 is 1.53 bits per heavy atom. The lowest BCUT2D eigenvalue weighted by Gasteiger charge is -2.10. The summed E-state index contributed by atoms with van der Waals surface area (Å²) < 4.78 is 4.64. The largest absolute Gasteiger partial charge is 0.465 e. The number of esters is 1. The minimum absolute atomic E-state index is 0.337. The summed E-state index contributed by atoms with van der Waals surface area (Å²) in [6.45, 7) is 2.27. The van der Waals surface area contributed by atoms with E-state index in [4.69, 9.17) is 5.21 Å². The van der Waals surface area contributed by atoms with Gasteiger partial charge in [-0.05, 0) is 24.1 Å². The first kappa shape index (κ1) is 11.7. The Kier molecular flexibility index (Phi) is 3.82. The molecule has 0 aliphatic carbocycles. The number of methoxy groups -OCH3 is 1. The Morgan fingerprint density at radius 3 is 2.67 bits per heavy atom. The third kappa shape index (κ3) is 3.04. The lowest BCUT2D eigenvalue weighted by molar-refractivity contribution is -0.0731. The van der Waals surface area contributed by atoms with Crippen molar-refractivity contribution in [1.82, 2.24) is 5.06 Å². The van der Waals surface area contributed by atoms with Gasteiger partial charge in [0.2, 0.25) is 0 Å². The highest BCUT2D eigenvalue weighted by Crippen LogP contribution is 2.13. The lowest BCUT2D eigenvalue weighted by atomic mass is 10.1. The summed E-state index contributed by atoms with van der Waals surface area (Å²) >= 11 is 0. The van der Waals surface area contributed by atoms with Crippen molar-refractivity contribution < 1.29 is 14.7 Å². The molecule has 0 bridgehead atoms. The van der Waals surface area contributed by atoms with E-state index in [-0.39, 0.29) is 5.97 Å². The number of benzene rings is 1. The van der Waals surface area contributed by atoms with Crippen molar-refractivity contribution in [2.24, 2.45) is 0 Å². The highest BCUT2D eigenvalue weighted by Gasteiger charge is 2.09. The molecule has 0 spiro atoms. The third-order valence-electron chi connectivity index (χ3n) is 2.11. The predicted octanol–water partition coefficient (Wildman–Crippen LogP) is 1.60. The Hall–Kier alpha value is -1.39. The minimum atomic E-state index is -0.337. The molecule has 0 aliphatic heterocycles. The average molecular weight is 209 g/mol. The van der Waals surface area contributed by atoms with E-state index in [0.717, 1.165) is 16.2 Å². The normalized spacial score (nSPS) is 10.5. The van der Waals surface area contributed by atoms with E-state index in [2.05, 4.69) is 4.74 Å². The first-order valence-electron chi connectivity index (χ1n) is 4.62. The zero-order chi connectivity index (χ0) is 11.4. The summed E-state index contributed by atoms with van der Waals surface area (Å²) in [5.74, 6) is -0.337. The number of hydrogen-bond acceptors (Lipinski definition) is 4. The first-order valence-corrected chi connectivity index (χ1v) is 4.62. The molecule has 1 N–H and O–H groups in total. The molecule has 0 unspecified atom stereocenters. The summed E-state index contributed by atoms with van der Waals surface area (Å²) in [4.78, 5) is 11.3. The van der Waals surface area contributed by atoms with Crippen LogP contribution in [-0.4, -0.2) is 30.4 Å². The van der Waals surface area contributed by atoms with Crippen molar-refractivity contribution in [3.8, 4) is 0 Å². The molecule has 0 atom stereocenters. The Bertz CT molecular complexity index is 361. The Morgan fingerprint density at radius 2 is 2.20 bits per heavy atom. The molecular formula is C11H15NO3. The summed E-state index contributed by atoms with van der Waals surface area (Å²) in [5.41, 5.74) is 2.35. The smallest absolute Gasteiger partial charge is 0.338 e. The monoisotopic (exact) mass is 209 g/mol. The van der Waals surface area contributed by atoms with Crippen LogP contribution >= 0.6 is 0 Å². The summed E-state index contributed by atoms with van der Waals surface area (Å²) in [5, 5.41) is 10.2. The summed E-state index contributed by atoms with van der Waals surface area (Å²) in [7, 11) is 2.93. The van der Waals surface area contributed by atoms with Gasteiger partial charge in [0.05, 0.1) is 12.7 Å². The van der Waals surface area contributed by atoms with Crippen LogP contribution in [0.1, 0.15) is 21.5 Å². The maximum Gasteiger partial charge on any atom is 0.338 e. The molecule has 4 heteroatoms. The molecule has 1 rings (SSSR count). The van der Waals surface area contributed by atoms with Crippen molar-refractivity contribution in [2.75, 3.05) is 14.2 Å². The fraction of sp³-hybridized carbons (Fsp3) is 0.364. The minimum Gasteiger partial charge on any atom is -0.465 e. The maximum atomic E-state index is 11.3. The molecule has 0 saturated heterocycles. The summed E-state index contributed by atoms with van der Waals surface area (Å²) in [6, 6.07) is 5.37. The van der Waals surface area contributed by atoms with Crippen molar-refractivity contribution in [1.29, 1.82) is 0 Å². The number of carbonyl (C=O) groups is 1. The van der Waals surface area contributed by atoms with Gasteiger partial charge >= 0.3 is 5.97 Å². The zero-order valence-corrected chi connectivity index (χ0v) is 9.15. The Balaban J connectivity index is 2.93. The Labute approximate surface area is 89.0 Å². The average Bonchev–Trinajstić information content (AvgIpc) is 2.16. The van der Waals surface area contributed by atoms with E-state index in [1.165, 1.54) is 7.11 Å². The molecular weight excluding hydrogens is 194 g/mol. The number of ether oxygens (including phenoxy) is 1. The SMILES string of the molecule is COC(=O)c1ccc(CN(C)O)cc1C. The first-order chi connectivity index (χ1) is 7.04. The third-order valence-corrected chi connectivity index (χ3v) is 2.11. The molecule has 0 saturated carbocycles. The van der Waals surface area contributed by atoms with Crippen LogP contribution in [0, 0.1) is 6.92 Å². The van der Waals surface area contributed by atoms with E-state index in [9.17, 15) is 4.79 Å². The van der Waals surface area contributed by atoms with Gasteiger partial charge in [-0.25, -0.2) is 4.79 Å². The van der Waals surface area contributed by atoms with Gasteiger partial charge in [-0.2, -0.15) is 5.06 Å². The van der Waals surface area contributed by atoms with Crippen molar-refractivity contribution in [3.05, 3.63) is 34.9 Å². The molecule has 0 aromatic heterocycles. The predicted molar refractivity (Wildman–Crippen MR) is 55.8 cm³/mol. The van der Waals surface area contributed by atoms with Crippen LogP contribution < -0.4 is 0 Å². The number of nitrogens with zero attached hydrogens (tertiary/aromatic N) is 1. The molecule has 15 heavy (non-hydrogen) atoms. The standard InChI is InChI=1S/C11H15NO3/c1-8-6-9(7-12(2)14)4-5-10(8)11(13)15-3/h4-6,14H,7H2,1-3H3. The van der Waals surface area contributed by atoms with Crippen LogP contribution in [0.3, 0.4) is 0 Å². The van der Waals surface area contributed by atoms with E-state index >= 15 is 0 Å². The van der Waals surface area contributed by atoms with Crippen molar-refractivity contribution in [3.63, 3.8) is 0 Å². The van der Waals surface area contributed by atoms with Crippen LogP contribution in [-0.2, 0) is 11.3 Å². The molecule has 0 radical (unpaired) electrons. The number of aryl methyl sites for hydroxylation is 1. The topological polar surface area (TPSA) is 49.8 Å². The van der Waals surface area contributed by atoms with Gasteiger partial charge in [0.15, 0.2) is 0 Å². The van der Waals surface area contributed by atoms with Crippen LogP contribution in [0.5, 0.6) is 0 Å². The van der Waals surface area contributed by atoms with Gasteiger partial charge in [-0.3, -0.25) is 0 Å². The van der Waals surface area contributed by atoms with Gasteiger partial charge in [0.25, 0.3) is 0 Å². The van der Waals surface area contributed by atoms with Crippen LogP contribution in [0.25, 0.3) is 0 Å². The van der Waals surface area contributed by atoms with Gasteiger partial charge in [0, 0.05) is 13.6 Å². The second-order valence-electron chi connectivity index (χ2n) is 3.46. The molecule has 0 heterocycles. The molecule has 82 valence electrons. The fourth-order valence-corrected chi connectivity index (χ4v) is 1.43. The second kappa shape index (κ2) is 4.91. The number of rotatable bonds is 3. The highest BCUT2D eigenvalue weighted by atomic mass is 16.5. The fourth-order valence-electron chi connectivity index (χ4n) is 1.43. The van der Waals surface area contributed by atoms with Crippen molar-refractivity contribution in [2.45, 2.75) is 13.5 Å². The summed E-state index contributed by atoms with van der Waals surface area (Å²) in [6.07, 6.45) is 0. The number of hydrogen-bond donors (Lipinski definition) is 1. The molecule has 1 aromatic carbocycles. The van der Waals surface area contributed by atoms with Crippen LogP contribution in [0.4, 0.5) is 0 Å². The molecule has 0 fully saturated rings. The number of hydroxylamine groups is 2. The second-order valence-corrected chi connectivity index (χ2v) is 3.46. The van der Waals surface area contributed by atoms with Gasteiger partial charge in [-0.1, -0.05) is 12.1 Å². The van der Waals surface area contributed by atoms with Crippen LogP contribution in [0.2, 0.25) is 0 Å². The van der Waals surface area contributed by atoms with Gasteiger partial charge in [-0.15, -0.1) is 0 Å². The maximum absolute atomic E-state index is 11.3. The van der Waals surface area contributed by atoms with Crippen molar-refractivity contribution >= 4 is 5.97 Å². The highest BCUT2D eigenvalue weighted by molar-refractivity contribution is 5.90. The molecule has 1 aromatic rings. The van der Waals surface area contributed by atoms with Gasteiger partial charge < -0.3 is 9.94 Å². The van der Waals surface area contributed by atoms with Crippen LogP contribution in [0.15, 0.2) is 18.2 Å². The van der Waals surface area contributed by atoms with E-state index in [1.807, 2.05) is 13.0 Å². The molecule has 0 aliphatic rings. The quantitative estimate of drug-likeness (QED) is 0.607. The van der Waals surface area contributed by atoms with E-state index in [0.29, 0.717) is 12.1 Å². The lowest BCUT2D eigenvalue weighted by Crippen LogP contribution is -2.12.